The molecule has 1 aromatic rings. The maximum Gasteiger partial charge on any atom is 0.491 e. The van der Waals surface area contributed by atoms with Crippen molar-refractivity contribution >= 4 is 12.6 Å². The van der Waals surface area contributed by atoms with Crippen LogP contribution in [0.1, 0.15) is 16.7 Å². The molecule has 6 heteroatoms. The van der Waals surface area contributed by atoms with E-state index < -0.39 is 18.9 Å². The Bertz CT molecular complexity index is 403. The highest BCUT2D eigenvalue weighted by molar-refractivity contribution is 6.61. The fourth-order valence-electron chi connectivity index (χ4n) is 1.73. The Kier molecular flexibility index (Phi) is 2.28. The van der Waals surface area contributed by atoms with Crippen LogP contribution in [-0.4, -0.2) is 12.1 Å². The first kappa shape index (κ1) is 10.5. The van der Waals surface area contributed by atoms with Gasteiger partial charge in [0.15, 0.2) is 0 Å². The van der Waals surface area contributed by atoms with Crippen molar-refractivity contribution in [1.29, 1.82) is 0 Å². The van der Waals surface area contributed by atoms with Gasteiger partial charge in [0.1, 0.15) is 0 Å². The van der Waals surface area contributed by atoms with Crippen LogP contribution in [0.4, 0.5) is 13.2 Å². The topological polar surface area (TPSA) is 29.5 Å². The van der Waals surface area contributed by atoms with Crippen LogP contribution in [0.15, 0.2) is 12.1 Å². The summed E-state index contributed by atoms with van der Waals surface area (Å²) in [6.07, 6.45) is -4.40. The molecule has 0 aliphatic carbocycles. The molecular formula is C9H8BF3O2. The van der Waals surface area contributed by atoms with E-state index in [-0.39, 0.29) is 17.6 Å². The number of fused-ring (bicyclic) bond motifs is 1. The molecule has 0 radical (unpaired) electrons. The molecule has 0 saturated carbocycles. The Morgan fingerprint density at radius 2 is 2.07 bits per heavy atom. The number of aryl methyl sites for hydroxylation is 1. The van der Waals surface area contributed by atoms with Crippen molar-refractivity contribution in [1.82, 2.24) is 0 Å². The molecule has 0 amide bonds. The lowest BCUT2D eigenvalue weighted by Crippen LogP contribution is -2.29. The number of halogens is 3. The summed E-state index contributed by atoms with van der Waals surface area (Å²) in [5.74, 6) is 0. The maximum atomic E-state index is 12.6. The van der Waals surface area contributed by atoms with Gasteiger partial charge in [0, 0.05) is 0 Å². The van der Waals surface area contributed by atoms with Crippen molar-refractivity contribution in [2.75, 3.05) is 0 Å². The van der Waals surface area contributed by atoms with Gasteiger partial charge in [-0.1, -0.05) is 11.6 Å². The molecule has 1 aliphatic heterocycles. The van der Waals surface area contributed by atoms with E-state index in [0.29, 0.717) is 5.56 Å². The minimum Gasteiger partial charge on any atom is -0.423 e. The van der Waals surface area contributed by atoms with E-state index in [1.54, 1.807) is 6.92 Å². The zero-order valence-corrected chi connectivity index (χ0v) is 7.93. The molecule has 0 atom stereocenters. The van der Waals surface area contributed by atoms with E-state index in [1.165, 1.54) is 6.07 Å². The van der Waals surface area contributed by atoms with Crippen molar-refractivity contribution in [3.05, 3.63) is 28.8 Å². The van der Waals surface area contributed by atoms with Gasteiger partial charge in [0.25, 0.3) is 0 Å². The summed E-state index contributed by atoms with van der Waals surface area (Å²) in [4.78, 5) is 0. The van der Waals surface area contributed by atoms with Crippen molar-refractivity contribution in [3.8, 4) is 0 Å². The molecule has 80 valence electrons. The molecule has 0 aromatic heterocycles. The average molecular weight is 216 g/mol. The van der Waals surface area contributed by atoms with Gasteiger partial charge in [-0.3, -0.25) is 0 Å². The van der Waals surface area contributed by atoms with Crippen molar-refractivity contribution in [3.63, 3.8) is 0 Å². The highest BCUT2D eigenvalue weighted by Crippen LogP contribution is 2.33. The first-order valence-corrected chi connectivity index (χ1v) is 4.40. The molecule has 0 spiro atoms. The van der Waals surface area contributed by atoms with E-state index in [2.05, 4.69) is 0 Å². The molecule has 0 saturated heterocycles. The molecule has 0 unspecified atom stereocenters. The van der Waals surface area contributed by atoms with E-state index >= 15 is 0 Å². The highest BCUT2D eigenvalue weighted by atomic mass is 19.4. The summed E-state index contributed by atoms with van der Waals surface area (Å²) in [7, 11) is -1.24. The zero-order valence-electron chi connectivity index (χ0n) is 7.93. The predicted octanol–water partition coefficient (Wildman–Crippen LogP) is 1.23. The van der Waals surface area contributed by atoms with Crippen LogP contribution in [0.25, 0.3) is 0 Å². The van der Waals surface area contributed by atoms with Gasteiger partial charge in [-0.2, -0.15) is 13.2 Å². The van der Waals surface area contributed by atoms with E-state index in [0.717, 1.165) is 6.07 Å². The smallest absolute Gasteiger partial charge is 0.423 e. The fraction of sp³-hybridized carbons (Fsp3) is 0.333. The van der Waals surface area contributed by atoms with E-state index in [9.17, 15) is 18.2 Å². The second kappa shape index (κ2) is 3.25. The third-order valence-electron chi connectivity index (χ3n) is 2.39. The number of benzene rings is 1. The second-order valence-electron chi connectivity index (χ2n) is 3.54. The Morgan fingerprint density at radius 3 is 2.67 bits per heavy atom. The van der Waals surface area contributed by atoms with Crippen LogP contribution in [0, 0.1) is 6.92 Å². The molecule has 1 heterocycles. The summed E-state index contributed by atoms with van der Waals surface area (Å²) >= 11 is 0. The molecule has 15 heavy (non-hydrogen) atoms. The van der Waals surface area contributed by atoms with Crippen LogP contribution < -0.4 is 5.46 Å². The number of hydrogen-bond acceptors (Lipinski definition) is 2. The molecule has 0 bridgehead atoms. The Hall–Kier alpha value is -1.01. The largest absolute Gasteiger partial charge is 0.491 e. The fourth-order valence-corrected chi connectivity index (χ4v) is 1.73. The Morgan fingerprint density at radius 1 is 1.40 bits per heavy atom. The monoisotopic (exact) mass is 216 g/mol. The van der Waals surface area contributed by atoms with Crippen molar-refractivity contribution in [2.45, 2.75) is 19.7 Å². The molecule has 0 fully saturated rings. The van der Waals surface area contributed by atoms with Crippen LogP contribution in [0.5, 0.6) is 0 Å². The summed E-state index contributed by atoms with van der Waals surface area (Å²) in [5.41, 5.74) is 0.0163. The molecule has 1 aliphatic rings. The maximum absolute atomic E-state index is 12.6. The van der Waals surface area contributed by atoms with Gasteiger partial charge in [-0.05, 0) is 24.0 Å². The number of rotatable bonds is 0. The Labute approximate surface area is 84.8 Å². The summed E-state index contributed by atoms with van der Waals surface area (Å²) in [6, 6.07) is 2.59. The zero-order chi connectivity index (χ0) is 11.2. The minimum absolute atomic E-state index is 0.0422. The lowest BCUT2D eigenvalue weighted by molar-refractivity contribution is -0.138. The van der Waals surface area contributed by atoms with Gasteiger partial charge < -0.3 is 9.68 Å². The summed E-state index contributed by atoms with van der Waals surface area (Å²) in [5, 5.41) is 9.31. The van der Waals surface area contributed by atoms with Crippen LogP contribution in [0.3, 0.4) is 0 Å². The van der Waals surface area contributed by atoms with Gasteiger partial charge in [-0.15, -0.1) is 0 Å². The van der Waals surface area contributed by atoms with E-state index in [1.807, 2.05) is 0 Å². The molecule has 1 aromatic carbocycles. The number of hydrogen-bond donors (Lipinski definition) is 1. The van der Waals surface area contributed by atoms with Gasteiger partial charge >= 0.3 is 13.3 Å². The third kappa shape index (κ3) is 1.75. The van der Waals surface area contributed by atoms with Crippen molar-refractivity contribution < 1.29 is 22.8 Å². The first-order valence-electron chi connectivity index (χ1n) is 4.40. The van der Waals surface area contributed by atoms with Gasteiger partial charge in [-0.25, -0.2) is 0 Å². The normalized spacial score (nSPS) is 15.7. The quantitative estimate of drug-likeness (QED) is 0.661. The lowest BCUT2D eigenvalue weighted by Gasteiger charge is -2.12. The predicted molar refractivity (Wildman–Crippen MR) is 48.6 cm³/mol. The minimum atomic E-state index is -4.40. The van der Waals surface area contributed by atoms with Crippen LogP contribution in [0.2, 0.25) is 0 Å². The molecular weight excluding hydrogens is 208 g/mol. The Balaban J connectivity index is 2.62. The summed E-state index contributed by atoms with van der Waals surface area (Å²) in [6.45, 7) is 1.37. The average Bonchev–Trinajstić information content (AvgIpc) is 2.45. The van der Waals surface area contributed by atoms with Gasteiger partial charge in [0.05, 0.1) is 12.2 Å². The molecule has 2 nitrogen and oxygen atoms in total. The first-order chi connectivity index (χ1) is 6.89. The highest BCUT2D eigenvalue weighted by Gasteiger charge is 2.39. The van der Waals surface area contributed by atoms with E-state index in [4.69, 9.17) is 4.65 Å². The summed E-state index contributed by atoms with van der Waals surface area (Å²) < 4.78 is 42.6. The van der Waals surface area contributed by atoms with Gasteiger partial charge in [0.2, 0.25) is 0 Å². The SMILES string of the molecule is Cc1cc2c(c(C(F)(F)F)c1)COB2O. The third-order valence-corrected chi connectivity index (χ3v) is 2.39. The molecule has 1 N–H and O–H groups in total. The standard InChI is InChI=1S/C9H8BF3O2/c1-5-2-7(9(11,12)13)6-4-15-10(14)8(6)3-5/h2-3,14H,4H2,1H3. The molecule has 2 rings (SSSR count). The van der Waals surface area contributed by atoms with Crippen LogP contribution in [-0.2, 0) is 17.4 Å². The van der Waals surface area contributed by atoms with Crippen molar-refractivity contribution in [2.24, 2.45) is 0 Å². The second-order valence-corrected chi connectivity index (χ2v) is 3.54. The lowest BCUT2D eigenvalue weighted by atomic mass is 9.77. The van der Waals surface area contributed by atoms with Crippen LogP contribution >= 0.6 is 0 Å². The number of alkyl halides is 3.